The van der Waals surface area contributed by atoms with Crippen LogP contribution in [-0.4, -0.2) is 33.0 Å². The lowest BCUT2D eigenvalue weighted by atomic mass is 9.76. The Hall–Kier alpha value is -1.65. The van der Waals surface area contributed by atoms with E-state index in [9.17, 15) is 15.0 Å². The highest BCUT2D eigenvalue weighted by Crippen LogP contribution is 2.35. The van der Waals surface area contributed by atoms with Crippen LogP contribution < -0.4 is 0 Å². The zero-order chi connectivity index (χ0) is 18.1. The van der Waals surface area contributed by atoms with Crippen LogP contribution in [0.15, 0.2) is 42.5 Å². The summed E-state index contributed by atoms with van der Waals surface area (Å²) < 4.78 is 0. The maximum atomic E-state index is 10.9. The molecule has 2 rings (SSSR count). The van der Waals surface area contributed by atoms with Gasteiger partial charge in [0.05, 0.1) is 18.1 Å². The first-order valence-electron chi connectivity index (χ1n) is 9.31. The van der Waals surface area contributed by atoms with E-state index >= 15 is 0 Å². The van der Waals surface area contributed by atoms with Crippen molar-refractivity contribution >= 4 is 5.97 Å². The fourth-order valence-electron chi connectivity index (χ4n) is 3.70. The van der Waals surface area contributed by atoms with Gasteiger partial charge in [-0.2, -0.15) is 0 Å². The summed E-state index contributed by atoms with van der Waals surface area (Å²) in [6.07, 6.45) is 9.69. The molecular weight excluding hydrogens is 316 g/mol. The Morgan fingerprint density at radius 3 is 2.76 bits per heavy atom. The van der Waals surface area contributed by atoms with Gasteiger partial charge in [-0.15, -0.1) is 0 Å². The number of rotatable bonds is 9. The van der Waals surface area contributed by atoms with E-state index in [1.807, 2.05) is 30.4 Å². The highest BCUT2D eigenvalue weighted by atomic mass is 16.4. The third-order valence-electron chi connectivity index (χ3n) is 5.00. The van der Waals surface area contributed by atoms with Crippen LogP contribution in [0.5, 0.6) is 0 Å². The van der Waals surface area contributed by atoms with Gasteiger partial charge in [-0.3, -0.25) is 4.79 Å². The monoisotopic (exact) mass is 346 g/mol. The first kappa shape index (κ1) is 19.7. The molecule has 1 saturated carbocycles. The normalized spacial score (nSPS) is 25.1. The largest absolute Gasteiger partial charge is 0.481 e. The van der Waals surface area contributed by atoms with E-state index < -0.39 is 17.7 Å². The zero-order valence-corrected chi connectivity index (χ0v) is 14.8. The second-order valence-electron chi connectivity index (χ2n) is 7.33. The van der Waals surface area contributed by atoms with Crippen molar-refractivity contribution in [3.63, 3.8) is 0 Å². The highest BCUT2D eigenvalue weighted by Gasteiger charge is 2.35. The zero-order valence-electron chi connectivity index (χ0n) is 14.8. The summed E-state index contributed by atoms with van der Waals surface area (Å²) in [7, 11) is 0. The van der Waals surface area contributed by atoms with Crippen LogP contribution in [0, 0.1) is 5.92 Å². The van der Waals surface area contributed by atoms with Crippen molar-refractivity contribution in [2.75, 3.05) is 0 Å². The summed E-state index contributed by atoms with van der Waals surface area (Å²) in [6, 6.07) is 10.3. The number of carboxylic acid groups (broad SMARTS) is 1. The van der Waals surface area contributed by atoms with Gasteiger partial charge in [0.25, 0.3) is 0 Å². The minimum Gasteiger partial charge on any atom is -0.481 e. The van der Waals surface area contributed by atoms with E-state index in [1.54, 1.807) is 0 Å². The topological polar surface area (TPSA) is 77.8 Å². The summed E-state index contributed by atoms with van der Waals surface area (Å²) in [6.45, 7) is 0. The average Bonchev–Trinajstić information content (AvgIpc) is 2.57. The van der Waals surface area contributed by atoms with Gasteiger partial charge >= 0.3 is 5.97 Å². The minimum absolute atomic E-state index is 0.150. The number of benzene rings is 1. The molecule has 4 nitrogen and oxygen atoms in total. The molecule has 0 radical (unpaired) electrons. The first-order valence-corrected chi connectivity index (χ1v) is 9.31. The van der Waals surface area contributed by atoms with Gasteiger partial charge < -0.3 is 15.3 Å². The van der Waals surface area contributed by atoms with E-state index in [1.165, 1.54) is 5.56 Å². The maximum absolute atomic E-state index is 10.9. The fraction of sp³-hybridized carbons (Fsp3) is 0.571. The summed E-state index contributed by atoms with van der Waals surface area (Å²) in [4.78, 5) is 10.9. The molecular formula is C21H30O4. The quantitative estimate of drug-likeness (QED) is 0.470. The van der Waals surface area contributed by atoms with Crippen LogP contribution in [0.25, 0.3) is 0 Å². The van der Waals surface area contributed by atoms with E-state index in [0.717, 1.165) is 38.5 Å². The molecule has 3 N–H and O–H groups in total. The van der Waals surface area contributed by atoms with Crippen LogP contribution in [0.4, 0.5) is 0 Å². The number of aliphatic carboxylic acids is 1. The van der Waals surface area contributed by atoms with Gasteiger partial charge in [0.2, 0.25) is 0 Å². The average molecular weight is 346 g/mol. The SMILES string of the molecule is O=C(O)C[C@]1(O)CCC[C@@H](/C=C/[C@H](O)CCCCc2ccccc2)C1. The predicted octanol–water partition coefficient (Wildman–Crippen LogP) is 3.71. The molecule has 1 aliphatic rings. The molecule has 0 aliphatic heterocycles. The smallest absolute Gasteiger partial charge is 0.306 e. The number of hydrogen-bond donors (Lipinski definition) is 3. The van der Waals surface area contributed by atoms with Crippen molar-refractivity contribution in [3.8, 4) is 0 Å². The second-order valence-corrected chi connectivity index (χ2v) is 7.33. The summed E-state index contributed by atoms with van der Waals surface area (Å²) in [5, 5.41) is 29.4. The van der Waals surface area contributed by atoms with Gasteiger partial charge in [0.15, 0.2) is 0 Å². The van der Waals surface area contributed by atoms with Gasteiger partial charge in [0.1, 0.15) is 0 Å². The number of hydrogen-bond acceptors (Lipinski definition) is 3. The standard InChI is InChI=1S/C21H30O4/c22-19(11-5-4-9-17-7-2-1-3-8-17)13-12-18-10-6-14-21(25,15-18)16-20(23)24/h1-3,7-8,12-13,18-19,22,25H,4-6,9-11,14-16H2,(H,23,24)/b13-12+/t18-,19+,21-/m0/s1. The van der Waals surface area contributed by atoms with Crippen LogP contribution in [0.2, 0.25) is 0 Å². The molecule has 0 bridgehead atoms. The Kier molecular flexibility index (Phi) is 7.66. The van der Waals surface area contributed by atoms with Crippen molar-refractivity contribution in [1.29, 1.82) is 0 Å². The number of unbranched alkanes of at least 4 members (excludes halogenated alkanes) is 1. The van der Waals surface area contributed by atoms with Crippen molar-refractivity contribution in [3.05, 3.63) is 48.0 Å². The number of aliphatic hydroxyl groups excluding tert-OH is 1. The molecule has 0 unspecified atom stereocenters. The van der Waals surface area contributed by atoms with Gasteiger partial charge in [-0.05, 0) is 56.4 Å². The van der Waals surface area contributed by atoms with Crippen molar-refractivity contribution in [1.82, 2.24) is 0 Å². The van der Waals surface area contributed by atoms with E-state index in [0.29, 0.717) is 12.8 Å². The predicted molar refractivity (Wildman–Crippen MR) is 98.3 cm³/mol. The van der Waals surface area contributed by atoms with Gasteiger partial charge in [-0.1, -0.05) is 48.9 Å². The Balaban J connectivity index is 1.68. The number of aryl methyl sites for hydroxylation is 1. The van der Waals surface area contributed by atoms with Crippen LogP contribution in [-0.2, 0) is 11.2 Å². The second kappa shape index (κ2) is 9.73. The fourth-order valence-corrected chi connectivity index (χ4v) is 3.70. The number of allylic oxidation sites excluding steroid dienone is 1. The third kappa shape index (κ3) is 7.41. The Labute approximate surface area is 150 Å². The molecule has 1 fully saturated rings. The molecule has 3 atom stereocenters. The molecule has 138 valence electrons. The maximum Gasteiger partial charge on any atom is 0.306 e. The van der Waals surface area contributed by atoms with E-state index in [4.69, 9.17) is 5.11 Å². The Morgan fingerprint density at radius 2 is 2.04 bits per heavy atom. The molecule has 1 aromatic rings. The molecule has 0 saturated heterocycles. The molecule has 0 amide bonds. The number of aliphatic hydroxyl groups is 2. The summed E-state index contributed by atoms with van der Waals surface area (Å²) in [5.74, 6) is -0.803. The molecule has 0 spiro atoms. The minimum atomic E-state index is -1.10. The molecule has 25 heavy (non-hydrogen) atoms. The van der Waals surface area contributed by atoms with Crippen LogP contribution >= 0.6 is 0 Å². The van der Waals surface area contributed by atoms with Gasteiger partial charge in [-0.25, -0.2) is 0 Å². The van der Waals surface area contributed by atoms with E-state index in [2.05, 4.69) is 12.1 Å². The molecule has 0 heterocycles. The van der Waals surface area contributed by atoms with Gasteiger partial charge in [0, 0.05) is 0 Å². The number of carboxylic acids is 1. The summed E-state index contributed by atoms with van der Waals surface area (Å²) in [5.41, 5.74) is 0.229. The third-order valence-corrected chi connectivity index (χ3v) is 5.00. The first-order chi connectivity index (χ1) is 12.0. The Morgan fingerprint density at radius 1 is 1.28 bits per heavy atom. The lowest BCUT2D eigenvalue weighted by molar-refractivity contribution is -0.144. The van der Waals surface area contributed by atoms with Crippen LogP contribution in [0.3, 0.4) is 0 Å². The summed E-state index contributed by atoms with van der Waals surface area (Å²) >= 11 is 0. The van der Waals surface area contributed by atoms with Crippen molar-refractivity contribution in [2.45, 2.75) is 69.5 Å². The highest BCUT2D eigenvalue weighted by molar-refractivity contribution is 5.68. The lowest BCUT2D eigenvalue weighted by Gasteiger charge is -2.34. The van der Waals surface area contributed by atoms with Crippen LogP contribution in [0.1, 0.15) is 56.9 Å². The Bertz CT molecular complexity index is 554. The molecule has 1 aromatic carbocycles. The lowest BCUT2D eigenvalue weighted by Crippen LogP contribution is -2.37. The van der Waals surface area contributed by atoms with E-state index in [-0.39, 0.29) is 12.3 Å². The number of carbonyl (C=O) groups is 1. The molecule has 0 aromatic heterocycles. The molecule has 1 aliphatic carbocycles. The van der Waals surface area contributed by atoms with Crippen molar-refractivity contribution < 1.29 is 20.1 Å². The molecule has 4 heteroatoms. The van der Waals surface area contributed by atoms with Crippen molar-refractivity contribution in [2.24, 2.45) is 5.92 Å².